The first kappa shape index (κ1) is 18.4. The van der Waals surface area contributed by atoms with E-state index < -0.39 is 5.91 Å². The van der Waals surface area contributed by atoms with Crippen LogP contribution in [0.15, 0.2) is 88.5 Å². The summed E-state index contributed by atoms with van der Waals surface area (Å²) in [5.41, 5.74) is 2.36. The average molecular weight is 385 g/mol. The number of benzene rings is 1. The maximum Gasteiger partial charge on any atom is 0.261 e. The van der Waals surface area contributed by atoms with Crippen molar-refractivity contribution in [3.8, 4) is 11.3 Å². The quantitative estimate of drug-likeness (QED) is 0.561. The van der Waals surface area contributed by atoms with Gasteiger partial charge in [-0.1, -0.05) is 18.2 Å². The molecule has 0 saturated heterocycles. The average Bonchev–Trinajstić information content (AvgIpc) is 3.24. The minimum atomic E-state index is -0.457. The van der Waals surface area contributed by atoms with Crippen molar-refractivity contribution in [2.45, 2.75) is 13.5 Å². The molecule has 1 aromatic carbocycles. The number of pyridine rings is 2. The lowest BCUT2D eigenvalue weighted by Crippen LogP contribution is -2.26. The van der Waals surface area contributed by atoms with E-state index in [-0.39, 0.29) is 11.0 Å². The fourth-order valence-electron chi connectivity index (χ4n) is 3.27. The van der Waals surface area contributed by atoms with Gasteiger partial charge >= 0.3 is 0 Å². The van der Waals surface area contributed by atoms with Crippen molar-refractivity contribution in [3.63, 3.8) is 0 Å². The predicted molar refractivity (Wildman–Crippen MR) is 111 cm³/mol. The van der Waals surface area contributed by atoms with Gasteiger partial charge in [0.1, 0.15) is 11.3 Å². The first-order chi connectivity index (χ1) is 14.1. The molecule has 0 fully saturated rings. The van der Waals surface area contributed by atoms with Crippen LogP contribution in [0.25, 0.3) is 11.3 Å². The Bertz CT molecular complexity index is 1180. The molecule has 0 aliphatic rings. The second kappa shape index (κ2) is 7.98. The van der Waals surface area contributed by atoms with Crippen molar-refractivity contribution in [2.75, 3.05) is 5.32 Å². The molecule has 0 atom stereocenters. The lowest BCUT2D eigenvalue weighted by Gasteiger charge is -2.19. The highest BCUT2D eigenvalue weighted by molar-refractivity contribution is 6.08. The number of nitrogens with zero attached hydrogens (tertiary/aromatic N) is 2. The third kappa shape index (κ3) is 3.87. The number of para-hydroxylation sites is 1. The van der Waals surface area contributed by atoms with Gasteiger partial charge in [0.2, 0.25) is 0 Å². The van der Waals surface area contributed by atoms with Crippen molar-refractivity contribution in [2.24, 2.45) is 0 Å². The molecule has 6 nitrogen and oxygen atoms in total. The molecule has 6 heteroatoms. The Kier molecular flexibility index (Phi) is 5.07. The molecule has 0 saturated carbocycles. The van der Waals surface area contributed by atoms with E-state index in [1.165, 1.54) is 6.07 Å². The van der Waals surface area contributed by atoms with E-state index in [0.29, 0.717) is 17.9 Å². The third-order valence-electron chi connectivity index (χ3n) is 4.63. The first-order valence-corrected chi connectivity index (χ1v) is 9.17. The number of anilines is 1. The molecule has 4 rings (SSSR count). The van der Waals surface area contributed by atoms with Gasteiger partial charge in [-0.2, -0.15) is 0 Å². The van der Waals surface area contributed by atoms with Crippen LogP contribution in [0.5, 0.6) is 0 Å². The molecule has 0 unspecified atom stereocenters. The number of carbonyl (C=O) groups excluding carboxylic acids is 1. The Hall–Kier alpha value is -3.93. The van der Waals surface area contributed by atoms with E-state index in [0.717, 1.165) is 17.0 Å². The molecule has 0 radical (unpaired) electrons. The topological polar surface area (TPSA) is 77.1 Å². The summed E-state index contributed by atoms with van der Waals surface area (Å²) in [4.78, 5) is 30.1. The smallest absolute Gasteiger partial charge is 0.261 e. The molecule has 1 amide bonds. The summed E-state index contributed by atoms with van der Waals surface area (Å²) in [6, 6.07) is 17.8. The molecule has 144 valence electrons. The van der Waals surface area contributed by atoms with Crippen LogP contribution in [0.4, 0.5) is 5.69 Å². The predicted octanol–water partition coefficient (Wildman–Crippen LogP) is 4.11. The highest BCUT2D eigenvalue weighted by Gasteiger charge is 2.22. The summed E-state index contributed by atoms with van der Waals surface area (Å²) < 4.78 is 7.41. The van der Waals surface area contributed by atoms with Crippen molar-refractivity contribution >= 4 is 11.6 Å². The Morgan fingerprint density at radius 2 is 1.83 bits per heavy atom. The number of aromatic nitrogens is 2. The molecular weight excluding hydrogens is 366 g/mol. The molecule has 1 N–H and O–H groups in total. The van der Waals surface area contributed by atoms with Crippen molar-refractivity contribution in [1.82, 2.24) is 9.55 Å². The maximum atomic E-state index is 13.1. The van der Waals surface area contributed by atoms with Gasteiger partial charge in [-0.05, 0) is 43.3 Å². The highest BCUT2D eigenvalue weighted by atomic mass is 16.3. The molecule has 29 heavy (non-hydrogen) atoms. The molecule has 0 spiro atoms. The van der Waals surface area contributed by atoms with Crippen LogP contribution >= 0.6 is 0 Å². The van der Waals surface area contributed by atoms with Gasteiger partial charge in [0, 0.05) is 35.4 Å². The van der Waals surface area contributed by atoms with Gasteiger partial charge < -0.3 is 14.3 Å². The summed E-state index contributed by atoms with van der Waals surface area (Å²) in [5, 5.41) is 2.82. The lowest BCUT2D eigenvalue weighted by molar-refractivity contribution is 0.102. The number of hydrogen-bond acceptors (Lipinski definition) is 4. The number of rotatable bonds is 5. The summed E-state index contributed by atoms with van der Waals surface area (Å²) in [6.07, 6.45) is 4.87. The second-order valence-corrected chi connectivity index (χ2v) is 6.60. The van der Waals surface area contributed by atoms with E-state index in [1.54, 1.807) is 42.9 Å². The molecule has 0 aliphatic carbocycles. The van der Waals surface area contributed by atoms with Crippen LogP contribution in [-0.4, -0.2) is 15.5 Å². The van der Waals surface area contributed by atoms with Crippen LogP contribution in [0.3, 0.4) is 0 Å². The molecule has 3 heterocycles. The Labute approximate surface area is 167 Å². The molecule has 0 aliphatic heterocycles. The second-order valence-electron chi connectivity index (χ2n) is 6.60. The fourth-order valence-corrected chi connectivity index (χ4v) is 3.27. The summed E-state index contributed by atoms with van der Waals surface area (Å²) >= 11 is 0. The largest absolute Gasteiger partial charge is 0.467 e. The molecular formula is C23H19N3O3. The van der Waals surface area contributed by atoms with Gasteiger partial charge in [0.15, 0.2) is 5.43 Å². The fraction of sp³-hybridized carbons (Fsp3) is 0.0870. The third-order valence-corrected chi connectivity index (χ3v) is 4.63. The zero-order chi connectivity index (χ0) is 20.2. The van der Waals surface area contributed by atoms with E-state index in [1.807, 2.05) is 41.8 Å². The minimum Gasteiger partial charge on any atom is -0.467 e. The van der Waals surface area contributed by atoms with Crippen molar-refractivity contribution in [1.29, 1.82) is 0 Å². The van der Waals surface area contributed by atoms with E-state index in [2.05, 4.69) is 10.3 Å². The minimum absolute atomic E-state index is 0.0807. The zero-order valence-electron chi connectivity index (χ0n) is 15.8. The first-order valence-electron chi connectivity index (χ1n) is 9.17. The standard InChI is InChI=1S/C23H19N3O3/c1-16-14-20(27)21(23(28)25-18-6-3-2-4-7-18)22(17-9-11-24-12-10-17)26(16)15-19-8-5-13-29-19/h2-14H,15H2,1H3,(H,25,28). The Morgan fingerprint density at radius 3 is 2.52 bits per heavy atom. The van der Waals surface area contributed by atoms with Crippen molar-refractivity contribution < 1.29 is 9.21 Å². The lowest BCUT2D eigenvalue weighted by atomic mass is 10.0. The number of amides is 1. The SMILES string of the molecule is Cc1cc(=O)c(C(=O)Nc2ccccc2)c(-c2ccncc2)n1Cc1ccco1. The summed E-state index contributed by atoms with van der Waals surface area (Å²) in [7, 11) is 0. The van der Waals surface area contributed by atoms with Crippen LogP contribution in [0, 0.1) is 6.92 Å². The maximum absolute atomic E-state index is 13.1. The van der Waals surface area contributed by atoms with Gasteiger partial charge in [-0.15, -0.1) is 0 Å². The Balaban J connectivity index is 1.89. The summed E-state index contributed by atoms with van der Waals surface area (Å²) in [6.45, 7) is 2.23. The number of aryl methyl sites for hydroxylation is 1. The van der Waals surface area contributed by atoms with Gasteiger partial charge in [0.25, 0.3) is 5.91 Å². The van der Waals surface area contributed by atoms with Crippen LogP contribution in [-0.2, 0) is 6.54 Å². The zero-order valence-corrected chi connectivity index (χ0v) is 15.8. The van der Waals surface area contributed by atoms with E-state index in [4.69, 9.17) is 4.42 Å². The normalized spacial score (nSPS) is 10.7. The van der Waals surface area contributed by atoms with E-state index in [9.17, 15) is 9.59 Å². The van der Waals surface area contributed by atoms with Crippen LogP contribution in [0.1, 0.15) is 21.8 Å². The molecule has 0 bridgehead atoms. The Morgan fingerprint density at radius 1 is 1.07 bits per heavy atom. The number of carbonyl (C=O) groups is 1. The van der Waals surface area contributed by atoms with E-state index >= 15 is 0 Å². The van der Waals surface area contributed by atoms with Gasteiger partial charge in [-0.3, -0.25) is 14.6 Å². The van der Waals surface area contributed by atoms with Crippen LogP contribution in [0.2, 0.25) is 0 Å². The monoisotopic (exact) mass is 385 g/mol. The molecule has 4 aromatic rings. The number of furan rings is 1. The number of nitrogens with one attached hydrogen (secondary N) is 1. The molecule has 3 aromatic heterocycles. The highest BCUT2D eigenvalue weighted by Crippen LogP contribution is 2.25. The van der Waals surface area contributed by atoms with Crippen molar-refractivity contribution in [3.05, 3.63) is 107 Å². The van der Waals surface area contributed by atoms with Crippen LogP contribution < -0.4 is 10.7 Å². The number of hydrogen-bond donors (Lipinski definition) is 1. The summed E-state index contributed by atoms with van der Waals surface area (Å²) in [5.74, 6) is 0.266. The van der Waals surface area contributed by atoms with Gasteiger partial charge in [0.05, 0.1) is 18.5 Å². The van der Waals surface area contributed by atoms with Gasteiger partial charge in [-0.25, -0.2) is 0 Å².